The summed E-state index contributed by atoms with van der Waals surface area (Å²) in [5, 5.41) is 12.2. The van der Waals surface area contributed by atoms with E-state index in [4.69, 9.17) is 11.6 Å². The number of phenolic OH excluding ortho intramolecular Hbond substituents is 1. The Morgan fingerprint density at radius 3 is 2.81 bits per heavy atom. The van der Waals surface area contributed by atoms with Crippen LogP contribution in [0.3, 0.4) is 0 Å². The number of carbonyl (C=O) groups is 1. The predicted molar refractivity (Wildman–Crippen MR) is 65.9 cm³/mol. The van der Waals surface area contributed by atoms with Gasteiger partial charge in [0.05, 0.1) is 5.02 Å². The predicted octanol–water partition coefficient (Wildman–Crippen LogP) is 3.56. The molecule has 0 spiro atoms. The van der Waals surface area contributed by atoms with Crippen LogP contribution < -0.4 is 5.32 Å². The zero-order valence-electron chi connectivity index (χ0n) is 9.29. The molecule has 1 amide bonds. The van der Waals surface area contributed by atoms with Gasteiger partial charge in [-0.2, -0.15) is 0 Å². The van der Waals surface area contributed by atoms with Gasteiger partial charge in [-0.15, -0.1) is 0 Å². The summed E-state index contributed by atoms with van der Waals surface area (Å²) in [5.41, 5.74) is 0.615. The van der Waals surface area contributed by atoms with Crippen LogP contribution in [0.5, 0.6) is 5.75 Å². The number of hydrogen-bond acceptors (Lipinski definition) is 2. The van der Waals surface area contributed by atoms with Crippen LogP contribution in [-0.2, 0) is 4.79 Å². The molecule has 0 heterocycles. The highest BCUT2D eigenvalue weighted by atomic mass is 35.5. The molecule has 0 unspecified atom stereocenters. The van der Waals surface area contributed by atoms with Crippen molar-refractivity contribution in [1.82, 2.24) is 0 Å². The fraction of sp³-hybridized carbons (Fsp3) is 0.417. The van der Waals surface area contributed by atoms with E-state index in [-0.39, 0.29) is 16.7 Å². The van der Waals surface area contributed by atoms with Crippen molar-refractivity contribution < 1.29 is 9.90 Å². The third-order valence-electron chi connectivity index (χ3n) is 2.24. The van der Waals surface area contributed by atoms with Crippen molar-refractivity contribution in [2.24, 2.45) is 0 Å². The first kappa shape index (κ1) is 12.8. The summed E-state index contributed by atoms with van der Waals surface area (Å²) in [6.45, 7) is 2.09. The average molecular weight is 242 g/mol. The Balaban J connectivity index is 2.46. The first-order chi connectivity index (χ1) is 7.63. The zero-order chi connectivity index (χ0) is 12.0. The van der Waals surface area contributed by atoms with E-state index < -0.39 is 0 Å². The van der Waals surface area contributed by atoms with Gasteiger partial charge >= 0.3 is 0 Å². The number of phenols is 1. The number of rotatable bonds is 5. The van der Waals surface area contributed by atoms with E-state index >= 15 is 0 Å². The van der Waals surface area contributed by atoms with Crippen LogP contribution in [0, 0.1) is 0 Å². The maximum absolute atomic E-state index is 11.5. The van der Waals surface area contributed by atoms with Crippen LogP contribution in [0.25, 0.3) is 0 Å². The zero-order valence-corrected chi connectivity index (χ0v) is 10.0. The van der Waals surface area contributed by atoms with Crippen molar-refractivity contribution in [3.05, 3.63) is 23.2 Å². The Hall–Kier alpha value is -1.22. The second-order valence-electron chi connectivity index (χ2n) is 3.67. The Kier molecular flexibility index (Phi) is 5.12. The quantitative estimate of drug-likeness (QED) is 0.612. The molecule has 0 saturated heterocycles. The molecule has 0 aliphatic carbocycles. The van der Waals surface area contributed by atoms with Crippen LogP contribution >= 0.6 is 11.6 Å². The summed E-state index contributed by atoms with van der Waals surface area (Å²) < 4.78 is 0. The van der Waals surface area contributed by atoms with E-state index in [1.54, 1.807) is 6.07 Å². The van der Waals surface area contributed by atoms with Gasteiger partial charge < -0.3 is 10.4 Å². The molecule has 0 radical (unpaired) electrons. The van der Waals surface area contributed by atoms with E-state index in [2.05, 4.69) is 12.2 Å². The number of amides is 1. The second kappa shape index (κ2) is 6.38. The van der Waals surface area contributed by atoms with E-state index in [1.807, 2.05) is 0 Å². The molecule has 3 nitrogen and oxygen atoms in total. The van der Waals surface area contributed by atoms with Gasteiger partial charge in [-0.05, 0) is 24.6 Å². The number of aromatic hydroxyl groups is 1. The molecular weight excluding hydrogens is 226 g/mol. The SMILES string of the molecule is CCCCCC(=O)Nc1ccc(O)c(Cl)c1. The van der Waals surface area contributed by atoms with Gasteiger partial charge in [0.15, 0.2) is 0 Å². The summed E-state index contributed by atoms with van der Waals surface area (Å²) in [6.07, 6.45) is 3.57. The first-order valence-electron chi connectivity index (χ1n) is 5.42. The average Bonchev–Trinajstić information content (AvgIpc) is 2.24. The summed E-state index contributed by atoms with van der Waals surface area (Å²) >= 11 is 5.72. The molecule has 0 atom stereocenters. The van der Waals surface area contributed by atoms with Crippen LogP contribution in [-0.4, -0.2) is 11.0 Å². The Labute approximate surface area is 100 Å². The fourth-order valence-electron chi connectivity index (χ4n) is 1.34. The van der Waals surface area contributed by atoms with Crippen molar-refractivity contribution >= 4 is 23.2 Å². The van der Waals surface area contributed by atoms with Crippen LogP contribution in [0.15, 0.2) is 18.2 Å². The van der Waals surface area contributed by atoms with E-state index in [1.165, 1.54) is 12.1 Å². The number of halogens is 1. The summed E-state index contributed by atoms with van der Waals surface area (Å²) in [5.74, 6) is 0.000792. The molecule has 0 aromatic heterocycles. The highest BCUT2D eigenvalue weighted by Crippen LogP contribution is 2.26. The number of unbranched alkanes of at least 4 members (excludes halogenated alkanes) is 2. The Morgan fingerprint density at radius 1 is 1.44 bits per heavy atom. The third kappa shape index (κ3) is 4.11. The van der Waals surface area contributed by atoms with E-state index in [9.17, 15) is 9.90 Å². The van der Waals surface area contributed by atoms with Gasteiger partial charge in [0, 0.05) is 12.1 Å². The molecule has 16 heavy (non-hydrogen) atoms. The number of hydrogen-bond donors (Lipinski definition) is 2. The smallest absolute Gasteiger partial charge is 0.224 e. The van der Waals surface area contributed by atoms with Gasteiger partial charge in [-0.3, -0.25) is 4.79 Å². The van der Waals surface area contributed by atoms with E-state index in [0.717, 1.165) is 19.3 Å². The largest absolute Gasteiger partial charge is 0.506 e. The minimum Gasteiger partial charge on any atom is -0.506 e. The summed E-state index contributed by atoms with van der Waals surface area (Å²) in [7, 11) is 0. The fourth-order valence-corrected chi connectivity index (χ4v) is 1.52. The van der Waals surface area contributed by atoms with E-state index in [0.29, 0.717) is 12.1 Å². The number of nitrogens with one attached hydrogen (secondary N) is 1. The van der Waals surface area contributed by atoms with Crippen LogP contribution in [0.1, 0.15) is 32.6 Å². The Bertz CT molecular complexity index is 366. The molecule has 0 saturated carbocycles. The molecule has 0 aliphatic rings. The molecule has 1 rings (SSSR count). The van der Waals surface area contributed by atoms with Gasteiger partial charge in [-0.25, -0.2) is 0 Å². The van der Waals surface area contributed by atoms with Crippen molar-refractivity contribution in [1.29, 1.82) is 0 Å². The van der Waals surface area contributed by atoms with Crippen LogP contribution in [0.2, 0.25) is 5.02 Å². The minimum atomic E-state index is -0.0183. The molecule has 0 aliphatic heterocycles. The van der Waals surface area contributed by atoms with Crippen molar-refractivity contribution in [2.45, 2.75) is 32.6 Å². The second-order valence-corrected chi connectivity index (χ2v) is 4.08. The molecule has 1 aromatic rings. The highest BCUT2D eigenvalue weighted by molar-refractivity contribution is 6.32. The summed E-state index contributed by atoms with van der Waals surface area (Å²) in [4.78, 5) is 11.5. The van der Waals surface area contributed by atoms with Crippen molar-refractivity contribution in [3.8, 4) is 5.75 Å². The lowest BCUT2D eigenvalue weighted by molar-refractivity contribution is -0.116. The lowest BCUT2D eigenvalue weighted by Crippen LogP contribution is -2.10. The maximum Gasteiger partial charge on any atom is 0.224 e. The molecule has 88 valence electrons. The lowest BCUT2D eigenvalue weighted by atomic mass is 10.2. The van der Waals surface area contributed by atoms with Crippen molar-refractivity contribution in [2.75, 3.05) is 5.32 Å². The van der Waals surface area contributed by atoms with Gasteiger partial charge in [0.1, 0.15) is 5.75 Å². The monoisotopic (exact) mass is 241 g/mol. The topological polar surface area (TPSA) is 49.3 Å². The normalized spacial score (nSPS) is 10.1. The Morgan fingerprint density at radius 2 is 2.19 bits per heavy atom. The molecule has 2 N–H and O–H groups in total. The summed E-state index contributed by atoms with van der Waals surface area (Å²) in [6, 6.07) is 4.62. The number of anilines is 1. The number of carbonyl (C=O) groups excluding carboxylic acids is 1. The standard InChI is InChI=1S/C12H16ClNO2/c1-2-3-4-5-12(16)14-9-6-7-11(15)10(13)8-9/h6-8,15H,2-5H2,1H3,(H,14,16). The van der Waals surface area contributed by atoms with Gasteiger partial charge in [0.2, 0.25) is 5.91 Å². The molecule has 0 fully saturated rings. The minimum absolute atomic E-state index is 0.0183. The highest BCUT2D eigenvalue weighted by Gasteiger charge is 2.04. The first-order valence-corrected chi connectivity index (χ1v) is 5.79. The van der Waals surface area contributed by atoms with Gasteiger partial charge in [0.25, 0.3) is 0 Å². The third-order valence-corrected chi connectivity index (χ3v) is 2.54. The number of benzene rings is 1. The maximum atomic E-state index is 11.5. The molecule has 0 bridgehead atoms. The van der Waals surface area contributed by atoms with Crippen molar-refractivity contribution in [3.63, 3.8) is 0 Å². The lowest BCUT2D eigenvalue weighted by Gasteiger charge is -2.05. The van der Waals surface area contributed by atoms with Gasteiger partial charge in [-0.1, -0.05) is 31.4 Å². The molecular formula is C12H16ClNO2. The molecule has 1 aromatic carbocycles. The van der Waals surface area contributed by atoms with Crippen LogP contribution in [0.4, 0.5) is 5.69 Å². The molecule has 4 heteroatoms.